The van der Waals surface area contributed by atoms with E-state index in [0.717, 1.165) is 6.07 Å². The number of sulfonamides is 1. The van der Waals surface area contributed by atoms with Crippen molar-refractivity contribution in [3.05, 3.63) is 28.8 Å². The number of benzene rings is 1. The van der Waals surface area contributed by atoms with Gasteiger partial charge in [-0.05, 0) is 25.1 Å². The molecule has 0 amide bonds. The Hall–Kier alpha value is -1.66. The Morgan fingerprint density at radius 2 is 2.14 bits per heavy atom. The Kier molecular flexibility index (Phi) is 5.31. The normalized spacial score (nSPS) is 14.2. The molecule has 1 aromatic carbocycles. The van der Waals surface area contributed by atoms with E-state index in [1.165, 1.54) is 19.1 Å². The second-order valence-electron chi connectivity index (χ2n) is 4.65. The van der Waals surface area contributed by atoms with Gasteiger partial charge in [0.25, 0.3) is 0 Å². The molecule has 7 nitrogen and oxygen atoms in total. The van der Waals surface area contributed by atoms with E-state index in [4.69, 9.17) is 22.0 Å². The van der Waals surface area contributed by atoms with Gasteiger partial charge in [0.2, 0.25) is 10.0 Å². The maximum Gasteiger partial charge on any atom is 0.306 e. The smallest absolute Gasteiger partial charge is 0.306 e. The molecule has 0 fully saturated rings. The van der Waals surface area contributed by atoms with E-state index < -0.39 is 34.6 Å². The minimum atomic E-state index is -4.03. The molecule has 0 aliphatic heterocycles. The summed E-state index contributed by atoms with van der Waals surface area (Å²) in [5, 5.41) is 26.9. The molecule has 1 unspecified atom stereocenters. The number of rotatable bonds is 6. The number of aliphatic carboxylic acids is 1. The van der Waals surface area contributed by atoms with Gasteiger partial charge in [0.1, 0.15) is 4.90 Å². The van der Waals surface area contributed by atoms with Crippen molar-refractivity contribution in [3.8, 4) is 6.07 Å². The van der Waals surface area contributed by atoms with Gasteiger partial charge in [-0.3, -0.25) is 4.79 Å². The predicted molar refractivity (Wildman–Crippen MR) is 74.2 cm³/mol. The third kappa shape index (κ3) is 4.99. The van der Waals surface area contributed by atoms with Gasteiger partial charge in [-0.25, -0.2) is 13.1 Å². The Bertz CT molecular complexity index is 694. The van der Waals surface area contributed by atoms with Gasteiger partial charge in [-0.2, -0.15) is 5.26 Å². The summed E-state index contributed by atoms with van der Waals surface area (Å²) in [6.07, 6.45) is -0.614. The number of nitrogens with one attached hydrogen (secondary N) is 1. The van der Waals surface area contributed by atoms with Crippen LogP contribution in [0, 0.1) is 11.3 Å². The van der Waals surface area contributed by atoms with E-state index in [1.54, 1.807) is 0 Å². The summed E-state index contributed by atoms with van der Waals surface area (Å²) < 4.78 is 26.2. The summed E-state index contributed by atoms with van der Waals surface area (Å²) in [6.45, 7) is 0.710. The van der Waals surface area contributed by atoms with E-state index in [-0.39, 0.29) is 15.5 Å². The number of carboxylic acids is 1. The van der Waals surface area contributed by atoms with Gasteiger partial charge in [0.15, 0.2) is 0 Å². The second kappa shape index (κ2) is 6.41. The van der Waals surface area contributed by atoms with Gasteiger partial charge < -0.3 is 10.2 Å². The minimum absolute atomic E-state index is 0.139. The highest BCUT2D eigenvalue weighted by Crippen LogP contribution is 2.22. The average molecular weight is 333 g/mol. The third-order valence-electron chi connectivity index (χ3n) is 2.53. The van der Waals surface area contributed by atoms with E-state index >= 15 is 0 Å². The lowest BCUT2D eigenvalue weighted by Gasteiger charge is -2.21. The van der Waals surface area contributed by atoms with Crippen LogP contribution in [0.5, 0.6) is 0 Å². The van der Waals surface area contributed by atoms with Crippen molar-refractivity contribution in [2.75, 3.05) is 6.54 Å². The van der Waals surface area contributed by atoms with Gasteiger partial charge in [0, 0.05) is 6.54 Å². The maximum absolute atomic E-state index is 12.0. The lowest BCUT2D eigenvalue weighted by molar-refractivity contribution is -0.141. The highest BCUT2D eigenvalue weighted by atomic mass is 35.5. The fourth-order valence-corrected chi connectivity index (χ4v) is 3.21. The van der Waals surface area contributed by atoms with Crippen LogP contribution >= 0.6 is 11.6 Å². The predicted octanol–water partition coefficient (Wildman–Crippen LogP) is 0.716. The van der Waals surface area contributed by atoms with Crippen molar-refractivity contribution in [1.82, 2.24) is 4.72 Å². The first kappa shape index (κ1) is 17.4. The summed E-state index contributed by atoms with van der Waals surface area (Å²) in [5.41, 5.74) is -1.53. The topological polar surface area (TPSA) is 127 Å². The van der Waals surface area contributed by atoms with Crippen LogP contribution in [0.25, 0.3) is 0 Å². The SMILES string of the molecule is CC(O)(CNS(=O)(=O)c1ccc(C#N)cc1Cl)CC(=O)O. The zero-order valence-electron chi connectivity index (χ0n) is 11.0. The number of carboxylic acid groups (broad SMARTS) is 1. The van der Waals surface area contributed by atoms with Crippen molar-refractivity contribution >= 4 is 27.6 Å². The van der Waals surface area contributed by atoms with Gasteiger partial charge in [-0.15, -0.1) is 0 Å². The lowest BCUT2D eigenvalue weighted by atomic mass is 10.0. The first-order valence-corrected chi connectivity index (χ1v) is 7.57. The molecule has 9 heteroatoms. The van der Waals surface area contributed by atoms with Crippen LogP contribution in [0.2, 0.25) is 5.02 Å². The first-order chi connectivity index (χ1) is 9.57. The van der Waals surface area contributed by atoms with Crippen molar-refractivity contribution in [1.29, 1.82) is 5.26 Å². The van der Waals surface area contributed by atoms with Crippen molar-refractivity contribution in [2.24, 2.45) is 0 Å². The third-order valence-corrected chi connectivity index (χ3v) is 4.41. The zero-order valence-corrected chi connectivity index (χ0v) is 12.6. The van der Waals surface area contributed by atoms with E-state index in [0.29, 0.717) is 0 Å². The number of halogens is 1. The highest BCUT2D eigenvalue weighted by Gasteiger charge is 2.27. The number of nitriles is 1. The Morgan fingerprint density at radius 1 is 1.52 bits per heavy atom. The van der Waals surface area contributed by atoms with Crippen LogP contribution in [-0.4, -0.2) is 36.7 Å². The summed E-state index contributed by atoms with van der Waals surface area (Å²) >= 11 is 5.80. The fourth-order valence-electron chi connectivity index (χ4n) is 1.50. The molecule has 3 N–H and O–H groups in total. The molecule has 21 heavy (non-hydrogen) atoms. The maximum atomic E-state index is 12.0. The van der Waals surface area contributed by atoms with Crippen LogP contribution in [-0.2, 0) is 14.8 Å². The molecular weight excluding hydrogens is 320 g/mol. The van der Waals surface area contributed by atoms with Gasteiger partial charge in [0.05, 0.1) is 28.7 Å². The number of aliphatic hydroxyl groups is 1. The summed E-state index contributed by atoms with van der Waals surface area (Å²) in [7, 11) is -4.03. The highest BCUT2D eigenvalue weighted by molar-refractivity contribution is 7.89. The van der Waals surface area contributed by atoms with E-state index in [9.17, 15) is 18.3 Å². The number of nitrogens with zero attached hydrogens (tertiary/aromatic N) is 1. The molecule has 1 aromatic rings. The number of hydrogen-bond donors (Lipinski definition) is 3. The quantitative estimate of drug-likeness (QED) is 0.704. The van der Waals surface area contributed by atoms with E-state index in [1.807, 2.05) is 6.07 Å². The molecule has 1 atom stereocenters. The van der Waals surface area contributed by atoms with Crippen molar-refractivity contribution in [2.45, 2.75) is 23.8 Å². The van der Waals surface area contributed by atoms with E-state index in [2.05, 4.69) is 4.72 Å². The van der Waals surface area contributed by atoms with Crippen molar-refractivity contribution in [3.63, 3.8) is 0 Å². The van der Waals surface area contributed by atoms with Crippen molar-refractivity contribution < 1.29 is 23.4 Å². The Morgan fingerprint density at radius 3 is 2.62 bits per heavy atom. The molecule has 0 saturated heterocycles. The molecule has 0 bridgehead atoms. The number of carbonyl (C=O) groups is 1. The second-order valence-corrected chi connectivity index (χ2v) is 6.79. The Labute approximate surface area is 126 Å². The molecular formula is C12H13ClN2O5S. The van der Waals surface area contributed by atoms with Gasteiger partial charge >= 0.3 is 5.97 Å². The largest absolute Gasteiger partial charge is 0.481 e. The van der Waals surface area contributed by atoms with Crippen LogP contribution < -0.4 is 4.72 Å². The molecule has 0 saturated carbocycles. The molecule has 1 rings (SSSR count). The van der Waals surface area contributed by atoms with Crippen LogP contribution in [0.1, 0.15) is 18.9 Å². The molecule has 0 aromatic heterocycles. The average Bonchev–Trinajstić information content (AvgIpc) is 2.34. The molecule has 0 aliphatic rings. The van der Waals surface area contributed by atoms with Crippen LogP contribution in [0.4, 0.5) is 0 Å². The molecule has 114 valence electrons. The standard InChI is InChI=1S/C12H13ClN2O5S/c1-12(18,5-11(16)17)7-15-21(19,20)10-3-2-8(6-14)4-9(10)13/h2-4,15,18H,5,7H2,1H3,(H,16,17). The molecule has 0 heterocycles. The van der Waals surface area contributed by atoms with Gasteiger partial charge in [-0.1, -0.05) is 11.6 Å². The number of hydrogen-bond acceptors (Lipinski definition) is 5. The Balaban J connectivity index is 2.93. The molecule has 0 radical (unpaired) electrons. The zero-order chi connectivity index (χ0) is 16.3. The lowest BCUT2D eigenvalue weighted by Crippen LogP contribution is -2.42. The molecule has 0 aliphatic carbocycles. The monoisotopic (exact) mass is 332 g/mol. The summed E-state index contributed by atoms with van der Waals surface area (Å²) in [5.74, 6) is -1.25. The first-order valence-electron chi connectivity index (χ1n) is 5.71. The van der Waals surface area contributed by atoms with Crippen LogP contribution in [0.3, 0.4) is 0 Å². The molecule has 0 spiro atoms. The van der Waals surface area contributed by atoms with Crippen LogP contribution in [0.15, 0.2) is 23.1 Å². The minimum Gasteiger partial charge on any atom is -0.481 e. The summed E-state index contributed by atoms with van der Waals surface area (Å²) in [4.78, 5) is 10.3. The fraction of sp³-hybridized carbons (Fsp3) is 0.333. The summed E-state index contributed by atoms with van der Waals surface area (Å²) in [6, 6.07) is 5.47.